The summed E-state index contributed by atoms with van der Waals surface area (Å²) in [4.78, 5) is 0. The molecule has 1 N–H and O–H groups in total. The molecule has 19 heavy (non-hydrogen) atoms. The van der Waals surface area contributed by atoms with Gasteiger partial charge in [0.2, 0.25) is 0 Å². The van der Waals surface area contributed by atoms with Crippen LogP contribution in [0.25, 0.3) is 0 Å². The van der Waals surface area contributed by atoms with Crippen LogP contribution in [0.3, 0.4) is 0 Å². The minimum absolute atomic E-state index is 0.189. The van der Waals surface area contributed by atoms with Crippen molar-refractivity contribution in [1.82, 2.24) is 5.32 Å². The van der Waals surface area contributed by atoms with Crippen LogP contribution in [0.15, 0.2) is 0 Å². The van der Waals surface area contributed by atoms with E-state index < -0.39 is 0 Å². The van der Waals surface area contributed by atoms with Gasteiger partial charge in [-0.1, -0.05) is 20.8 Å². The fourth-order valence-corrected chi connectivity index (χ4v) is 2.22. The summed E-state index contributed by atoms with van der Waals surface area (Å²) in [5.41, 5.74) is 0. The summed E-state index contributed by atoms with van der Waals surface area (Å²) in [5, 5.41) is 3.53. The van der Waals surface area contributed by atoms with E-state index in [1.54, 1.807) is 7.11 Å². The van der Waals surface area contributed by atoms with Crippen molar-refractivity contribution in [2.45, 2.75) is 58.3 Å². The molecule has 0 aromatic heterocycles. The highest BCUT2D eigenvalue weighted by Gasteiger charge is 2.42. The van der Waals surface area contributed by atoms with E-state index in [4.69, 9.17) is 14.2 Å². The maximum absolute atomic E-state index is 5.94. The minimum atomic E-state index is 0.189. The number of hydrogen-bond donors (Lipinski definition) is 1. The average molecular weight is 273 g/mol. The lowest BCUT2D eigenvalue weighted by Crippen LogP contribution is -2.60. The molecule has 4 heteroatoms. The van der Waals surface area contributed by atoms with E-state index in [0.717, 1.165) is 32.4 Å². The van der Waals surface area contributed by atoms with Gasteiger partial charge in [0.1, 0.15) is 0 Å². The Hall–Kier alpha value is -0.160. The Kier molecular flexibility index (Phi) is 8.62. The third kappa shape index (κ3) is 6.21. The maximum Gasteiger partial charge on any atom is 0.0991 e. The van der Waals surface area contributed by atoms with E-state index in [9.17, 15) is 0 Å². The van der Waals surface area contributed by atoms with Gasteiger partial charge < -0.3 is 19.5 Å². The summed E-state index contributed by atoms with van der Waals surface area (Å²) in [6.45, 7) is 9.82. The third-order valence-electron chi connectivity index (χ3n) is 3.53. The van der Waals surface area contributed by atoms with Crippen LogP contribution in [0.5, 0.6) is 0 Å². The molecule has 0 heterocycles. The molecule has 0 radical (unpaired) electrons. The van der Waals surface area contributed by atoms with Gasteiger partial charge in [-0.3, -0.25) is 0 Å². The first-order chi connectivity index (χ1) is 9.19. The van der Waals surface area contributed by atoms with Gasteiger partial charge in [0, 0.05) is 19.8 Å². The van der Waals surface area contributed by atoms with Crippen molar-refractivity contribution in [1.29, 1.82) is 0 Å². The molecule has 1 aliphatic rings. The van der Waals surface area contributed by atoms with Crippen LogP contribution in [0.1, 0.15) is 40.0 Å². The molecule has 1 aliphatic carbocycles. The second-order valence-electron chi connectivity index (χ2n) is 5.72. The summed E-state index contributed by atoms with van der Waals surface area (Å²) in [6.07, 6.45) is 3.78. The van der Waals surface area contributed by atoms with Gasteiger partial charge in [0.05, 0.1) is 25.4 Å². The number of nitrogens with one attached hydrogen (secondary N) is 1. The molecule has 3 atom stereocenters. The number of hydrogen-bond acceptors (Lipinski definition) is 4. The van der Waals surface area contributed by atoms with Crippen LogP contribution in [0.4, 0.5) is 0 Å². The van der Waals surface area contributed by atoms with Gasteiger partial charge in [-0.15, -0.1) is 0 Å². The Labute approximate surface area is 118 Å². The lowest BCUT2D eigenvalue weighted by molar-refractivity contribution is -0.153. The van der Waals surface area contributed by atoms with Gasteiger partial charge in [-0.2, -0.15) is 0 Å². The molecule has 0 amide bonds. The molecule has 1 fully saturated rings. The monoisotopic (exact) mass is 273 g/mol. The first kappa shape index (κ1) is 16.9. The summed E-state index contributed by atoms with van der Waals surface area (Å²) in [7, 11) is 1.70. The highest BCUT2D eigenvalue weighted by atomic mass is 16.6. The van der Waals surface area contributed by atoms with Crippen LogP contribution in [0, 0.1) is 5.92 Å². The maximum atomic E-state index is 5.94. The molecular weight excluding hydrogens is 242 g/mol. The highest BCUT2D eigenvalue weighted by molar-refractivity contribution is 4.97. The lowest BCUT2D eigenvalue weighted by atomic mass is 9.85. The molecule has 0 aromatic rings. The zero-order chi connectivity index (χ0) is 14.1. The average Bonchev–Trinajstić information content (AvgIpc) is 2.36. The molecule has 0 aliphatic heterocycles. The molecule has 3 unspecified atom stereocenters. The van der Waals surface area contributed by atoms with Crippen molar-refractivity contribution >= 4 is 0 Å². The first-order valence-corrected chi connectivity index (χ1v) is 7.64. The molecule has 1 saturated carbocycles. The van der Waals surface area contributed by atoms with Crippen molar-refractivity contribution in [2.75, 3.05) is 33.5 Å². The number of methoxy groups -OCH3 is 1. The zero-order valence-corrected chi connectivity index (χ0v) is 13.0. The van der Waals surface area contributed by atoms with E-state index in [0.29, 0.717) is 25.2 Å². The van der Waals surface area contributed by atoms with Gasteiger partial charge in [-0.25, -0.2) is 0 Å². The molecular formula is C15H31NO3. The molecule has 4 nitrogen and oxygen atoms in total. The Morgan fingerprint density at radius 2 is 1.95 bits per heavy atom. The van der Waals surface area contributed by atoms with E-state index >= 15 is 0 Å². The third-order valence-corrected chi connectivity index (χ3v) is 3.53. The molecule has 0 saturated heterocycles. The summed E-state index contributed by atoms with van der Waals surface area (Å²) >= 11 is 0. The van der Waals surface area contributed by atoms with Gasteiger partial charge in [0.25, 0.3) is 0 Å². The molecule has 1 rings (SSSR count). The van der Waals surface area contributed by atoms with Crippen molar-refractivity contribution in [3.05, 3.63) is 0 Å². The predicted molar refractivity (Wildman–Crippen MR) is 77.5 cm³/mol. The van der Waals surface area contributed by atoms with E-state index in [-0.39, 0.29) is 12.2 Å². The Bertz CT molecular complexity index is 223. The lowest BCUT2D eigenvalue weighted by Gasteiger charge is -2.44. The van der Waals surface area contributed by atoms with Gasteiger partial charge in [-0.05, 0) is 31.7 Å². The van der Waals surface area contributed by atoms with Crippen LogP contribution < -0.4 is 5.32 Å². The van der Waals surface area contributed by atoms with Gasteiger partial charge >= 0.3 is 0 Å². The van der Waals surface area contributed by atoms with Crippen LogP contribution in [-0.2, 0) is 14.2 Å². The Morgan fingerprint density at radius 1 is 1.16 bits per heavy atom. The van der Waals surface area contributed by atoms with Crippen LogP contribution in [0.2, 0.25) is 0 Å². The van der Waals surface area contributed by atoms with Crippen molar-refractivity contribution < 1.29 is 14.2 Å². The zero-order valence-electron chi connectivity index (χ0n) is 13.0. The van der Waals surface area contributed by atoms with Crippen molar-refractivity contribution in [3.8, 4) is 0 Å². The predicted octanol–water partition coefficient (Wildman–Crippen LogP) is 2.22. The van der Waals surface area contributed by atoms with E-state index in [1.165, 1.54) is 0 Å². The second-order valence-corrected chi connectivity index (χ2v) is 5.72. The van der Waals surface area contributed by atoms with Crippen LogP contribution >= 0.6 is 0 Å². The van der Waals surface area contributed by atoms with Crippen molar-refractivity contribution in [3.63, 3.8) is 0 Å². The second kappa shape index (κ2) is 9.70. The normalized spacial score (nSPS) is 26.7. The Balaban J connectivity index is 2.25. The van der Waals surface area contributed by atoms with Gasteiger partial charge in [0.15, 0.2) is 0 Å². The summed E-state index contributed by atoms with van der Waals surface area (Å²) in [6, 6.07) is 0.445. The van der Waals surface area contributed by atoms with Crippen LogP contribution in [-0.4, -0.2) is 51.7 Å². The smallest absolute Gasteiger partial charge is 0.0991 e. The fourth-order valence-electron chi connectivity index (χ4n) is 2.22. The number of rotatable bonds is 11. The molecule has 0 spiro atoms. The van der Waals surface area contributed by atoms with Crippen molar-refractivity contribution in [2.24, 2.45) is 5.92 Å². The minimum Gasteiger partial charge on any atom is -0.382 e. The first-order valence-electron chi connectivity index (χ1n) is 7.64. The largest absolute Gasteiger partial charge is 0.382 e. The quantitative estimate of drug-likeness (QED) is 0.586. The standard InChI is InChI=1S/C15H31NO3/c1-5-7-16-13-11-14(18-8-6-12(2)3)15(13)19-10-9-17-4/h12-16H,5-11H2,1-4H3. The summed E-state index contributed by atoms with van der Waals surface area (Å²) in [5.74, 6) is 0.696. The highest BCUT2D eigenvalue weighted by Crippen LogP contribution is 2.27. The molecule has 114 valence electrons. The Morgan fingerprint density at radius 3 is 2.58 bits per heavy atom. The molecule has 0 bridgehead atoms. The van der Waals surface area contributed by atoms with E-state index in [1.807, 2.05) is 0 Å². The van der Waals surface area contributed by atoms with E-state index in [2.05, 4.69) is 26.1 Å². The topological polar surface area (TPSA) is 39.7 Å². The number of ether oxygens (including phenoxy) is 3. The molecule has 0 aromatic carbocycles. The SMILES string of the molecule is CCCNC1CC(OCCC(C)C)C1OCCOC. The fraction of sp³-hybridized carbons (Fsp3) is 1.00. The summed E-state index contributed by atoms with van der Waals surface area (Å²) < 4.78 is 16.9.